The molecule has 140 valence electrons. The molecule has 2 N–H and O–H groups in total. The van der Waals surface area contributed by atoms with Gasteiger partial charge in [-0.15, -0.1) is 0 Å². The molecule has 0 atom stereocenters. The van der Waals surface area contributed by atoms with Gasteiger partial charge in [0.2, 0.25) is 0 Å². The monoisotopic (exact) mass is 348 g/mol. The van der Waals surface area contributed by atoms with Gasteiger partial charge in [-0.05, 0) is 37.8 Å². The minimum atomic E-state index is -0.115. The third-order valence-electron chi connectivity index (χ3n) is 4.97. The fraction of sp³-hybridized carbons (Fsp3) is 0.650. The van der Waals surface area contributed by atoms with Crippen molar-refractivity contribution >= 4 is 6.03 Å². The molecule has 5 heteroatoms. The van der Waals surface area contributed by atoms with E-state index in [2.05, 4.69) is 51.2 Å². The largest absolute Gasteiger partial charge is 0.394 e. The smallest absolute Gasteiger partial charge is 0.317 e. The van der Waals surface area contributed by atoms with Crippen LogP contribution >= 0.6 is 0 Å². The van der Waals surface area contributed by atoms with E-state index in [0.717, 1.165) is 12.8 Å². The van der Waals surface area contributed by atoms with Crippen LogP contribution in [0.4, 0.5) is 4.79 Å². The molecule has 1 aliphatic rings. The van der Waals surface area contributed by atoms with Crippen molar-refractivity contribution in [3.8, 4) is 0 Å². The van der Waals surface area contributed by atoms with E-state index < -0.39 is 0 Å². The number of hydrogen-bond donors (Lipinski definition) is 2. The quantitative estimate of drug-likeness (QED) is 0.831. The molecule has 0 saturated carbocycles. The number of aliphatic hydroxyl groups excluding tert-OH is 1. The topological polar surface area (TPSA) is 61.8 Å². The van der Waals surface area contributed by atoms with E-state index in [4.69, 9.17) is 9.84 Å². The van der Waals surface area contributed by atoms with Gasteiger partial charge in [-0.25, -0.2) is 4.79 Å². The number of piperidine rings is 1. The van der Waals surface area contributed by atoms with E-state index in [1.54, 1.807) is 0 Å². The third kappa shape index (κ3) is 5.44. The molecule has 0 aliphatic carbocycles. The molecule has 2 rings (SSSR count). The standard InChI is InChI=1S/C20H32N2O3/c1-15-5-6-18(16(2)13-15)20(3,4)14-21-19(24)22-9-7-17(8-10-22)25-12-11-23/h5-6,13,17,23H,7-12,14H2,1-4H3,(H,21,24). The van der Waals surface area contributed by atoms with E-state index in [-0.39, 0.29) is 24.2 Å². The van der Waals surface area contributed by atoms with Crippen LogP contribution in [0.25, 0.3) is 0 Å². The number of benzene rings is 1. The van der Waals surface area contributed by atoms with Gasteiger partial charge in [-0.2, -0.15) is 0 Å². The first kappa shape index (κ1) is 19.7. The molecule has 1 saturated heterocycles. The Hall–Kier alpha value is -1.59. The second kappa shape index (κ2) is 8.68. The maximum Gasteiger partial charge on any atom is 0.317 e. The summed E-state index contributed by atoms with van der Waals surface area (Å²) in [6.45, 7) is 11.0. The number of hydrogen-bond acceptors (Lipinski definition) is 3. The first-order chi connectivity index (χ1) is 11.8. The number of nitrogens with zero attached hydrogens (tertiary/aromatic N) is 1. The maximum absolute atomic E-state index is 12.5. The Morgan fingerprint density at radius 3 is 2.60 bits per heavy atom. The van der Waals surface area contributed by atoms with Crippen molar-refractivity contribution in [1.82, 2.24) is 10.2 Å². The molecule has 2 amide bonds. The lowest BCUT2D eigenvalue weighted by molar-refractivity contribution is -0.00172. The number of amides is 2. The first-order valence-corrected chi connectivity index (χ1v) is 9.16. The number of urea groups is 1. The van der Waals surface area contributed by atoms with E-state index >= 15 is 0 Å². The van der Waals surface area contributed by atoms with Crippen LogP contribution in [0.15, 0.2) is 18.2 Å². The van der Waals surface area contributed by atoms with Crippen LogP contribution in [0.1, 0.15) is 43.4 Å². The Morgan fingerprint density at radius 2 is 2.00 bits per heavy atom. The predicted molar refractivity (Wildman–Crippen MR) is 100.0 cm³/mol. The first-order valence-electron chi connectivity index (χ1n) is 9.16. The highest BCUT2D eigenvalue weighted by atomic mass is 16.5. The Balaban J connectivity index is 1.85. The van der Waals surface area contributed by atoms with Crippen LogP contribution in [0.2, 0.25) is 0 Å². The molecule has 0 unspecified atom stereocenters. The Labute approximate surface area is 151 Å². The number of rotatable bonds is 6. The minimum absolute atomic E-state index is 0.00144. The van der Waals surface area contributed by atoms with Gasteiger partial charge in [-0.3, -0.25) is 0 Å². The third-order valence-corrected chi connectivity index (χ3v) is 4.97. The van der Waals surface area contributed by atoms with Crippen molar-refractivity contribution in [2.24, 2.45) is 0 Å². The van der Waals surface area contributed by atoms with Crippen LogP contribution in [0, 0.1) is 13.8 Å². The van der Waals surface area contributed by atoms with Gasteiger partial charge in [0, 0.05) is 25.0 Å². The number of carbonyl (C=O) groups excluding carboxylic acids is 1. The normalized spacial score (nSPS) is 16.1. The van der Waals surface area contributed by atoms with Crippen LogP contribution in [-0.4, -0.2) is 55.0 Å². The second-order valence-electron chi connectivity index (χ2n) is 7.64. The number of nitrogens with one attached hydrogen (secondary N) is 1. The highest BCUT2D eigenvalue weighted by molar-refractivity contribution is 5.74. The van der Waals surface area contributed by atoms with Gasteiger partial charge < -0.3 is 20.1 Å². The molecule has 1 aliphatic heterocycles. The lowest BCUT2D eigenvalue weighted by Crippen LogP contribution is -2.48. The summed E-state index contributed by atoms with van der Waals surface area (Å²) in [4.78, 5) is 14.3. The average molecular weight is 348 g/mol. The lowest BCUT2D eigenvalue weighted by Gasteiger charge is -2.33. The van der Waals surface area contributed by atoms with Crippen LogP contribution in [0.5, 0.6) is 0 Å². The molecular formula is C20H32N2O3. The van der Waals surface area contributed by atoms with Crippen molar-refractivity contribution in [3.63, 3.8) is 0 Å². The molecule has 1 fully saturated rings. The van der Waals surface area contributed by atoms with Crippen LogP contribution in [0.3, 0.4) is 0 Å². The van der Waals surface area contributed by atoms with Gasteiger partial charge >= 0.3 is 6.03 Å². The van der Waals surface area contributed by atoms with Crippen LogP contribution in [-0.2, 0) is 10.2 Å². The van der Waals surface area contributed by atoms with Crippen molar-refractivity contribution in [2.45, 2.75) is 52.1 Å². The molecule has 1 aromatic rings. The number of aryl methyl sites for hydroxylation is 2. The highest BCUT2D eigenvalue weighted by Gasteiger charge is 2.26. The molecule has 0 radical (unpaired) electrons. The zero-order valence-electron chi connectivity index (χ0n) is 16.0. The van der Waals surface area contributed by atoms with Gasteiger partial charge in [0.05, 0.1) is 19.3 Å². The van der Waals surface area contributed by atoms with E-state index in [1.807, 2.05) is 4.90 Å². The van der Waals surface area contributed by atoms with Gasteiger partial charge in [0.15, 0.2) is 0 Å². The number of ether oxygens (including phenoxy) is 1. The molecule has 5 nitrogen and oxygen atoms in total. The number of aliphatic hydroxyl groups is 1. The van der Waals surface area contributed by atoms with E-state index in [9.17, 15) is 4.79 Å². The Kier molecular flexibility index (Phi) is 6.85. The molecule has 1 aromatic carbocycles. The predicted octanol–water partition coefficient (Wildman–Crippen LogP) is 2.76. The molecule has 0 bridgehead atoms. The summed E-state index contributed by atoms with van der Waals surface area (Å²) in [7, 11) is 0. The zero-order valence-corrected chi connectivity index (χ0v) is 16.0. The average Bonchev–Trinajstić information content (AvgIpc) is 2.58. The summed E-state index contributed by atoms with van der Waals surface area (Å²) in [5, 5.41) is 11.9. The summed E-state index contributed by atoms with van der Waals surface area (Å²) >= 11 is 0. The van der Waals surface area contributed by atoms with Gasteiger partial charge in [0.25, 0.3) is 0 Å². The van der Waals surface area contributed by atoms with Gasteiger partial charge in [-0.1, -0.05) is 37.6 Å². The SMILES string of the molecule is Cc1ccc(C(C)(C)CNC(=O)N2CCC(OCCO)CC2)c(C)c1. The maximum atomic E-state index is 12.5. The zero-order chi connectivity index (χ0) is 18.4. The highest BCUT2D eigenvalue weighted by Crippen LogP contribution is 2.26. The molecule has 0 spiro atoms. The van der Waals surface area contributed by atoms with Crippen LogP contribution < -0.4 is 5.32 Å². The Morgan fingerprint density at radius 1 is 1.32 bits per heavy atom. The minimum Gasteiger partial charge on any atom is -0.394 e. The fourth-order valence-electron chi connectivity index (χ4n) is 3.52. The summed E-state index contributed by atoms with van der Waals surface area (Å²) < 4.78 is 5.55. The van der Waals surface area contributed by atoms with Crippen molar-refractivity contribution in [1.29, 1.82) is 0 Å². The van der Waals surface area contributed by atoms with Crippen molar-refractivity contribution in [2.75, 3.05) is 32.8 Å². The van der Waals surface area contributed by atoms with Gasteiger partial charge in [0.1, 0.15) is 0 Å². The van der Waals surface area contributed by atoms with E-state index in [0.29, 0.717) is 26.2 Å². The lowest BCUT2D eigenvalue weighted by atomic mass is 9.81. The number of likely N-dealkylation sites (tertiary alicyclic amines) is 1. The molecular weight excluding hydrogens is 316 g/mol. The van der Waals surface area contributed by atoms with Crippen molar-refractivity contribution in [3.05, 3.63) is 34.9 Å². The Bertz CT molecular complexity index is 578. The molecule has 1 heterocycles. The second-order valence-corrected chi connectivity index (χ2v) is 7.64. The summed E-state index contributed by atoms with van der Waals surface area (Å²) in [5.74, 6) is 0. The number of carbonyl (C=O) groups is 1. The van der Waals surface area contributed by atoms with Crippen molar-refractivity contribution < 1.29 is 14.6 Å². The molecule has 25 heavy (non-hydrogen) atoms. The summed E-state index contributed by atoms with van der Waals surface area (Å²) in [6.07, 6.45) is 1.81. The summed E-state index contributed by atoms with van der Waals surface area (Å²) in [6, 6.07) is 6.48. The fourth-order valence-corrected chi connectivity index (χ4v) is 3.52. The molecule has 0 aromatic heterocycles. The van der Waals surface area contributed by atoms with E-state index in [1.165, 1.54) is 16.7 Å². The summed E-state index contributed by atoms with van der Waals surface area (Å²) in [5.41, 5.74) is 3.68.